The van der Waals surface area contributed by atoms with E-state index in [1.165, 1.54) is 0 Å². The Labute approximate surface area is 112 Å². The summed E-state index contributed by atoms with van der Waals surface area (Å²) in [6, 6.07) is 0. The Bertz CT molecular complexity index is 230. The quantitative estimate of drug-likeness (QED) is 0.365. The highest BCUT2D eigenvalue weighted by atomic mass is 16.6. The minimum atomic E-state index is -1.09. The van der Waals surface area contributed by atoms with Gasteiger partial charge in [-0.1, -0.05) is 0 Å². The molecule has 0 bridgehead atoms. The molecule has 19 heavy (non-hydrogen) atoms. The van der Waals surface area contributed by atoms with E-state index in [9.17, 15) is 14.4 Å². The lowest BCUT2D eigenvalue weighted by atomic mass is 10.3. The van der Waals surface area contributed by atoms with Crippen LogP contribution in [0.1, 0.15) is 20.8 Å². The number of nitrogens with zero attached hydrogens (tertiary/aromatic N) is 1. The van der Waals surface area contributed by atoms with Crippen LogP contribution in [0, 0.1) is 0 Å². The number of carbonyl (C=O) groups is 3. The normalized spacial score (nSPS) is 15.8. The first-order valence-electron chi connectivity index (χ1n) is 6.18. The molecule has 3 atom stereocenters. The van der Waals surface area contributed by atoms with Crippen LogP contribution in [0.2, 0.25) is 0 Å². The van der Waals surface area contributed by atoms with Gasteiger partial charge in [0.25, 0.3) is 0 Å². The molecule has 0 saturated heterocycles. The number of ether oxygens (including phenoxy) is 3. The van der Waals surface area contributed by atoms with Crippen molar-refractivity contribution in [1.29, 1.82) is 0 Å². The fourth-order valence-corrected chi connectivity index (χ4v) is 1.53. The maximum Gasteiger partial charge on any atom is 0.171 e. The highest BCUT2D eigenvalue weighted by Crippen LogP contribution is 2.12. The van der Waals surface area contributed by atoms with Gasteiger partial charge in [-0.25, -0.2) is 4.90 Å². The van der Waals surface area contributed by atoms with Crippen molar-refractivity contribution >= 4 is 18.9 Å². The van der Waals surface area contributed by atoms with Crippen molar-refractivity contribution < 1.29 is 28.6 Å². The summed E-state index contributed by atoms with van der Waals surface area (Å²) in [4.78, 5) is 34.4. The minimum absolute atomic E-state index is 0.245. The second-order valence-corrected chi connectivity index (χ2v) is 3.39. The van der Waals surface area contributed by atoms with Gasteiger partial charge in [0.15, 0.2) is 37.5 Å². The highest BCUT2D eigenvalue weighted by Gasteiger charge is 2.34. The molecule has 7 nitrogen and oxygen atoms in total. The molecule has 0 heterocycles. The lowest BCUT2D eigenvalue weighted by Crippen LogP contribution is -2.54. The summed E-state index contributed by atoms with van der Waals surface area (Å²) in [7, 11) is 0. The summed E-state index contributed by atoms with van der Waals surface area (Å²) in [6.45, 7) is 5.82. The second-order valence-electron chi connectivity index (χ2n) is 3.39. The van der Waals surface area contributed by atoms with Crippen LogP contribution in [0.3, 0.4) is 0 Å². The molecule has 0 N–H and O–H groups in total. The lowest BCUT2D eigenvalue weighted by molar-refractivity contribution is -0.204. The maximum atomic E-state index is 11.1. The van der Waals surface area contributed by atoms with Gasteiger partial charge in [0.2, 0.25) is 0 Å². The molecule has 0 aromatic rings. The molecule has 0 aromatic carbocycles. The average Bonchev–Trinajstić information content (AvgIpc) is 2.43. The Morgan fingerprint density at radius 3 is 1.16 bits per heavy atom. The first-order chi connectivity index (χ1) is 9.19. The molecule has 3 unspecified atom stereocenters. The summed E-state index contributed by atoms with van der Waals surface area (Å²) < 4.78 is 15.6. The summed E-state index contributed by atoms with van der Waals surface area (Å²) in [5, 5.41) is 0. The van der Waals surface area contributed by atoms with Crippen molar-refractivity contribution in [2.75, 3.05) is 19.8 Å². The van der Waals surface area contributed by atoms with Gasteiger partial charge >= 0.3 is 0 Å². The third-order valence-corrected chi connectivity index (χ3v) is 2.24. The van der Waals surface area contributed by atoms with E-state index < -0.39 is 18.7 Å². The maximum absolute atomic E-state index is 11.1. The summed E-state index contributed by atoms with van der Waals surface area (Å²) >= 11 is 0. The van der Waals surface area contributed by atoms with E-state index in [0.717, 1.165) is 4.90 Å². The topological polar surface area (TPSA) is 82.1 Å². The smallest absolute Gasteiger partial charge is 0.171 e. The van der Waals surface area contributed by atoms with Gasteiger partial charge in [-0.2, -0.15) is 0 Å². The van der Waals surface area contributed by atoms with Crippen LogP contribution in [0.25, 0.3) is 0 Å². The van der Waals surface area contributed by atoms with Crippen LogP contribution in [-0.2, 0) is 28.6 Å². The number of rotatable bonds is 12. The zero-order chi connectivity index (χ0) is 14.7. The molecule has 0 aliphatic rings. The van der Waals surface area contributed by atoms with Crippen molar-refractivity contribution in [3.8, 4) is 0 Å². The Morgan fingerprint density at radius 2 is 1.00 bits per heavy atom. The lowest BCUT2D eigenvalue weighted by Gasteiger charge is -2.35. The minimum Gasteiger partial charge on any atom is -0.356 e. The van der Waals surface area contributed by atoms with Gasteiger partial charge in [0, 0.05) is 19.8 Å². The molecule has 0 amide bonds. The molecule has 0 rings (SSSR count). The third-order valence-electron chi connectivity index (χ3n) is 2.24. The van der Waals surface area contributed by atoms with Crippen LogP contribution in [0.4, 0.5) is 0 Å². The summed E-state index contributed by atoms with van der Waals surface area (Å²) in [6.07, 6.45) is -1.78. The molecule has 0 spiro atoms. The summed E-state index contributed by atoms with van der Waals surface area (Å²) in [5.41, 5.74) is 0. The number of hydrogen-bond acceptors (Lipinski definition) is 7. The Hall–Kier alpha value is -1.15. The Balaban J connectivity index is 5.21. The zero-order valence-electron chi connectivity index (χ0n) is 11.5. The molecule has 7 heteroatoms. The van der Waals surface area contributed by atoms with Gasteiger partial charge in [-0.15, -0.1) is 0 Å². The van der Waals surface area contributed by atoms with Crippen LogP contribution < -0.4 is 0 Å². The molecular weight excluding hydrogens is 254 g/mol. The molecule has 0 radical (unpaired) electrons. The van der Waals surface area contributed by atoms with E-state index in [0.29, 0.717) is 18.9 Å². The van der Waals surface area contributed by atoms with E-state index in [1.54, 1.807) is 20.8 Å². The molecular formula is C12H21NO6. The average molecular weight is 275 g/mol. The summed E-state index contributed by atoms with van der Waals surface area (Å²) in [5.74, 6) is 0. The number of aldehydes is 3. The molecule has 0 aliphatic heterocycles. The van der Waals surface area contributed by atoms with Gasteiger partial charge in [0.05, 0.1) is 0 Å². The first-order valence-corrected chi connectivity index (χ1v) is 6.18. The van der Waals surface area contributed by atoms with Gasteiger partial charge in [-0.05, 0) is 20.8 Å². The highest BCUT2D eigenvalue weighted by molar-refractivity contribution is 5.64. The standard InChI is InChI=1S/C12H21NO6/c1-4-17-10(7-14)13(11(8-15)18-5-2)12(9-16)19-6-3/h7-12H,4-6H2,1-3H3. The van der Waals surface area contributed by atoms with Crippen LogP contribution in [0.5, 0.6) is 0 Å². The molecule has 0 aliphatic carbocycles. The van der Waals surface area contributed by atoms with E-state index in [-0.39, 0.29) is 19.8 Å². The second kappa shape index (κ2) is 10.7. The Kier molecular flexibility index (Phi) is 10.1. The number of hydrogen-bond donors (Lipinski definition) is 0. The SMILES string of the molecule is CCOC(C=O)N(C(C=O)OCC)C(C=O)OCC. The van der Waals surface area contributed by atoms with Gasteiger partial charge in [-0.3, -0.25) is 14.4 Å². The van der Waals surface area contributed by atoms with Crippen molar-refractivity contribution in [3.05, 3.63) is 0 Å². The fourth-order valence-electron chi connectivity index (χ4n) is 1.53. The third kappa shape index (κ3) is 5.56. The van der Waals surface area contributed by atoms with E-state index in [4.69, 9.17) is 14.2 Å². The van der Waals surface area contributed by atoms with Crippen molar-refractivity contribution in [1.82, 2.24) is 4.90 Å². The van der Waals surface area contributed by atoms with E-state index in [1.807, 2.05) is 0 Å². The van der Waals surface area contributed by atoms with E-state index >= 15 is 0 Å². The molecule has 0 saturated carbocycles. The first kappa shape index (κ1) is 17.8. The predicted molar refractivity (Wildman–Crippen MR) is 66.3 cm³/mol. The van der Waals surface area contributed by atoms with Crippen molar-refractivity contribution in [3.63, 3.8) is 0 Å². The number of carbonyl (C=O) groups excluding carboxylic acids is 3. The van der Waals surface area contributed by atoms with Gasteiger partial charge < -0.3 is 14.2 Å². The zero-order valence-corrected chi connectivity index (χ0v) is 11.5. The molecule has 110 valence electrons. The monoisotopic (exact) mass is 275 g/mol. The van der Waals surface area contributed by atoms with Crippen molar-refractivity contribution in [2.45, 2.75) is 39.5 Å². The molecule has 0 fully saturated rings. The van der Waals surface area contributed by atoms with Crippen LogP contribution in [0.15, 0.2) is 0 Å². The predicted octanol–water partition coefficient (Wildman–Crippen LogP) is -0.0271. The van der Waals surface area contributed by atoms with E-state index in [2.05, 4.69) is 0 Å². The van der Waals surface area contributed by atoms with Crippen LogP contribution in [-0.4, -0.2) is 62.3 Å². The molecule has 0 aromatic heterocycles. The van der Waals surface area contributed by atoms with Crippen LogP contribution >= 0.6 is 0 Å². The van der Waals surface area contributed by atoms with Crippen molar-refractivity contribution in [2.24, 2.45) is 0 Å². The largest absolute Gasteiger partial charge is 0.356 e. The fraction of sp³-hybridized carbons (Fsp3) is 0.750. The van der Waals surface area contributed by atoms with Gasteiger partial charge in [0.1, 0.15) is 0 Å². The Morgan fingerprint density at radius 1 is 0.737 bits per heavy atom.